The van der Waals surface area contributed by atoms with Gasteiger partial charge in [0.2, 0.25) is 0 Å². The highest BCUT2D eigenvalue weighted by atomic mass is 35.5. The fourth-order valence-corrected chi connectivity index (χ4v) is 3.01. The summed E-state index contributed by atoms with van der Waals surface area (Å²) in [6.07, 6.45) is 1.42. The summed E-state index contributed by atoms with van der Waals surface area (Å²) in [5.41, 5.74) is 1.41. The average molecular weight is 409 g/mol. The molecular formula is C23H17ClO5. The van der Waals surface area contributed by atoms with Crippen molar-refractivity contribution in [2.24, 2.45) is 0 Å². The standard InChI is InChI=1S/C23H17ClO5/c24-16-3-7-18(8-4-16)27-11-12-28-19-9-10-20-22(13-19)29-14-21(23(20)26)15-1-5-17(25)6-2-15/h1-10,13-14,25H,11-12H2. The Morgan fingerprint density at radius 1 is 0.862 bits per heavy atom. The fourth-order valence-electron chi connectivity index (χ4n) is 2.89. The molecular weight excluding hydrogens is 392 g/mol. The van der Waals surface area contributed by atoms with Gasteiger partial charge in [0.15, 0.2) is 5.43 Å². The molecule has 0 aliphatic heterocycles. The zero-order chi connectivity index (χ0) is 20.2. The molecule has 4 rings (SSSR count). The Hall–Kier alpha value is -3.44. The zero-order valence-electron chi connectivity index (χ0n) is 15.3. The molecule has 1 heterocycles. The minimum Gasteiger partial charge on any atom is -0.508 e. The molecule has 0 unspecified atom stereocenters. The third kappa shape index (κ3) is 4.36. The molecule has 0 bridgehead atoms. The topological polar surface area (TPSA) is 68.9 Å². The molecule has 146 valence electrons. The van der Waals surface area contributed by atoms with Crippen LogP contribution in [0.15, 0.2) is 82.2 Å². The number of rotatable bonds is 6. The highest BCUT2D eigenvalue weighted by Gasteiger charge is 2.10. The number of phenolic OH excluding ortho intramolecular Hbond substituents is 1. The number of benzene rings is 3. The highest BCUT2D eigenvalue weighted by Crippen LogP contribution is 2.24. The lowest BCUT2D eigenvalue weighted by molar-refractivity contribution is 0.217. The van der Waals surface area contributed by atoms with E-state index in [1.165, 1.54) is 18.4 Å². The van der Waals surface area contributed by atoms with Gasteiger partial charge in [-0.05, 0) is 54.1 Å². The number of phenols is 1. The van der Waals surface area contributed by atoms with Gasteiger partial charge >= 0.3 is 0 Å². The maximum atomic E-state index is 12.8. The highest BCUT2D eigenvalue weighted by molar-refractivity contribution is 6.30. The van der Waals surface area contributed by atoms with Gasteiger partial charge in [0.1, 0.15) is 42.3 Å². The third-order valence-electron chi connectivity index (χ3n) is 4.36. The monoisotopic (exact) mass is 408 g/mol. The van der Waals surface area contributed by atoms with E-state index in [9.17, 15) is 9.90 Å². The van der Waals surface area contributed by atoms with Crippen LogP contribution in [0.2, 0.25) is 5.02 Å². The van der Waals surface area contributed by atoms with Crippen LogP contribution in [0.25, 0.3) is 22.1 Å². The van der Waals surface area contributed by atoms with Crippen molar-refractivity contribution in [1.29, 1.82) is 0 Å². The first-order chi connectivity index (χ1) is 14.1. The van der Waals surface area contributed by atoms with Crippen molar-refractivity contribution in [2.75, 3.05) is 13.2 Å². The second kappa shape index (κ2) is 8.29. The number of hydrogen-bond donors (Lipinski definition) is 1. The van der Waals surface area contributed by atoms with Crippen LogP contribution in [0.5, 0.6) is 17.2 Å². The second-order valence-corrected chi connectivity index (χ2v) is 6.77. The molecule has 4 aromatic rings. The van der Waals surface area contributed by atoms with Crippen molar-refractivity contribution in [3.05, 3.63) is 88.2 Å². The van der Waals surface area contributed by atoms with E-state index in [4.69, 9.17) is 25.5 Å². The van der Waals surface area contributed by atoms with Crippen LogP contribution < -0.4 is 14.9 Å². The van der Waals surface area contributed by atoms with Crippen LogP contribution in [0.1, 0.15) is 0 Å². The lowest BCUT2D eigenvalue weighted by Gasteiger charge is -2.09. The van der Waals surface area contributed by atoms with Crippen LogP contribution in [-0.4, -0.2) is 18.3 Å². The van der Waals surface area contributed by atoms with Gasteiger partial charge in [0.05, 0.1) is 10.9 Å². The lowest BCUT2D eigenvalue weighted by Crippen LogP contribution is -2.09. The van der Waals surface area contributed by atoms with Crippen LogP contribution >= 0.6 is 11.6 Å². The van der Waals surface area contributed by atoms with Crippen molar-refractivity contribution in [1.82, 2.24) is 0 Å². The SMILES string of the molecule is O=c1c(-c2ccc(O)cc2)coc2cc(OCCOc3ccc(Cl)cc3)ccc12. The van der Waals surface area contributed by atoms with Crippen LogP contribution in [0.4, 0.5) is 0 Å². The molecule has 1 aromatic heterocycles. The first-order valence-electron chi connectivity index (χ1n) is 8.96. The van der Waals surface area contributed by atoms with Gasteiger partial charge in [-0.2, -0.15) is 0 Å². The first-order valence-corrected chi connectivity index (χ1v) is 9.34. The van der Waals surface area contributed by atoms with E-state index in [0.717, 1.165) is 0 Å². The maximum absolute atomic E-state index is 12.8. The van der Waals surface area contributed by atoms with E-state index >= 15 is 0 Å². The van der Waals surface area contributed by atoms with E-state index in [2.05, 4.69) is 0 Å². The summed E-state index contributed by atoms with van der Waals surface area (Å²) in [5, 5.41) is 10.5. The van der Waals surface area contributed by atoms with Crippen LogP contribution in [0, 0.1) is 0 Å². The predicted molar refractivity (Wildman–Crippen MR) is 112 cm³/mol. The molecule has 0 saturated heterocycles. The fraction of sp³-hybridized carbons (Fsp3) is 0.0870. The van der Waals surface area contributed by atoms with Gasteiger partial charge in [-0.25, -0.2) is 0 Å². The summed E-state index contributed by atoms with van der Waals surface area (Å²) in [5.74, 6) is 1.43. The van der Waals surface area contributed by atoms with E-state index in [1.807, 2.05) is 0 Å². The van der Waals surface area contributed by atoms with Crippen molar-refractivity contribution >= 4 is 22.6 Å². The van der Waals surface area contributed by atoms with Crippen LogP contribution in [0.3, 0.4) is 0 Å². The van der Waals surface area contributed by atoms with Crippen molar-refractivity contribution in [3.8, 4) is 28.4 Å². The summed E-state index contributed by atoms with van der Waals surface area (Å²) in [7, 11) is 0. The molecule has 6 heteroatoms. The number of fused-ring (bicyclic) bond motifs is 1. The maximum Gasteiger partial charge on any atom is 0.200 e. The minimum atomic E-state index is -0.144. The molecule has 3 aromatic carbocycles. The van der Waals surface area contributed by atoms with Gasteiger partial charge < -0.3 is 19.0 Å². The molecule has 0 aliphatic rings. The Kier molecular flexibility index (Phi) is 5.40. The molecule has 29 heavy (non-hydrogen) atoms. The number of hydrogen-bond acceptors (Lipinski definition) is 5. The molecule has 1 N–H and O–H groups in total. The molecule has 0 fully saturated rings. The Balaban J connectivity index is 1.45. The van der Waals surface area contributed by atoms with E-state index in [-0.39, 0.29) is 11.2 Å². The molecule has 0 saturated carbocycles. The van der Waals surface area contributed by atoms with Gasteiger partial charge in [0.25, 0.3) is 0 Å². The summed E-state index contributed by atoms with van der Waals surface area (Å²) >= 11 is 5.84. The summed E-state index contributed by atoms with van der Waals surface area (Å²) < 4.78 is 16.9. The summed E-state index contributed by atoms with van der Waals surface area (Å²) in [6, 6.07) is 18.6. The Morgan fingerprint density at radius 3 is 2.24 bits per heavy atom. The molecule has 0 atom stereocenters. The minimum absolute atomic E-state index is 0.140. The number of aromatic hydroxyl groups is 1. The molecule has 0 amide bonds. The molecule has 0 aliphatic carbocycles. The Morgan fingerprint density at radius 2 is 1.52 bits per heavy atom. The van der Waals surface area contributed by atoms with Gasteiger partial charge in [-0.3, -0.25) is 4.79 Å². The van der Waals surface area contributed by atoms with Crippen molar-refractivity contribution in [3.63, 3.8) is 0 Å². The summed E-state index contributed by atoms with van der Waals surface area (Å²) in [4.78, 5) is 12.8. The van der Waals surface area contributed by atoms with E-state index in [1.54, 1.807) is 54.6 Å². The number of ether oxygens (including phenoxy) is 2. The van der Waals surface area contributed by atoms with Gasteiger partial charge in [-0.1, -0.05) is 23.7 Å². The van der Waals surface area contributed by atoms with Gasteiger partial charge in [-0.15, -0.1) is 0 Å². The smallest absolute Gasteiger partial charge is 0.200 e. The predicted octanol–water partition coefficient (Wildman–Crippen LogP) is 5.28. The third-order valence-corrected chi connectivity index (χ3v) is 4.61. The first kappa shape index (κ1) is 18.9. The second-order valence-electron chi connectivity index (χ2n) is 6.33. The normalized spacial score (nSPS) is 10.8. The zero-order valence-corrected chi connectivity index (χ0v) is 16.1. The molecule has 5 nitrogen and oxygen atoms in total. The molecule has 0 radical (unpaired) electrons. The van der Waals surface area contributed by atoms with Crippen LogP contribution in [-0.2, 0) is 0 Å². The summed E-state index contributed by atoms with van der Waals surface area (Å²) in [6.45, 7) is 0.702. The van der Waals surface area contributed by atoms with Crippen molar-refractivity contribution in [2.45, 2.75) is 0 Å². The quantitative estimate of drug-likeness (QED) is 0.440. The molecule has 0 spiro atoms. The Labute approximate surface area is 171 Å². The van der Waals surface area contributed by atoms with Crippen molar-refractivity contribution < 1.29 is 19.0 Å². The Bertz CT molecular complexity index is 1180. The largest absolute Gasteiger partial charge is 0.508 e. The van der Waals surface area contributed by atoms with E-state index < -0.39 is 0 Å². The van der Waals surface area contributed by atoms with Gasteiger partial charge in [0, 0.05) is 11.1 Å². The average Bonchev–Trinajstić information content (AvgIpc) is 2.74. The number of halogens is 1. The lowest BCUT2D eigenvalue weighted by atomic mass is 10.1. The van der Waals surface area contributed by atoms with E-state index in [0.29, 0.717) is 51.8 Å².